The lowest BCUT2D eigenvalue weighted by Crippen LogP contribution is -2.28. The predicted molar refractivity (Wildman–Crippen MR) is 126 cm³/mol. The maximum atomic E-state index is 9.85. The number of hydrogen-bond acceptors (Lipinski definition) is 4. The van der Waals surface area contributed by atoms with Crippen molar-refractivity contribution in [3.05, 3.63) is 71.8 Å². The van der Waals surface area contributed by atoms with Crippen LogP contribution in [0.5, 0.6) is 6.01 Å². The van der Waals surface area contributed by atoms with Crippen LogP contribution < -0.4 is 4.74 Å². The molecule has 1 fully saturated rings. The molecule has 160 valence electrons. The van der Waals surface area contributed by atoms with Crippen molar-refractivity contribution in [2.75, 3.05) is 0 Å². The van der Waals surface area contributed by atoms with Crippen LogP contribution in [-0.2, 0) is 0 Å². The average Bonchev–Trinajstić information content (AvgIpc) is 3.14. The summed E-state index contributed by atoms with van der Waals surface area (Å²) in [5.74, 6) is 0. The molecule has 5 nitrogen and oxygen atoms in total. The van der Waals surface area contributed by atoms with Crippen molar-refractivity contribution < 1.29 is 9.84 Å². The molecule has 0 bridgehead atoms. The summed E-state index contributed by atoms with van der Waals surface area (Å²) >= 11 is 6.53. The van der Waals surface area contributed by atoms with E-state index in [1.807, 2.05) is 36.4 Å². The molecule has 0 spiro atoms. The number of ether oxygens (including phenoxy) is 1. The Hall–Kier alpha value is -2.89. The minimum absolute atomic E-state index is 0.0376. The van der Waals surface area contributed by atoms with Gasteiger partial charge < -0.3 is 14.8 Å². The number of hydrogen-bond donors (Lipinski definition) is 2. The molecule has 2 atom stereocenters. The van der Waals surface area contributed by atoms with Crippen molar-refractivity contribution >= 4 is 28.3 Å². The largest absolute Gasteiger partial charge is 0.461 e. The van der Waals surface area contributed by atoms with Crippen LogP contribution in [0.25, 0.3) is 28.0 Å². The monoisotopic (exact) mass is 435 g/mol. The number of nitrogens with one attached hydrogen (secondary N) is 1. The van der Waals surface area contributed by atoms with Gasteiger partial charge in [0.1, 0.15) is 6.10 Å². The SMILES string of the molecule is C=C/C=C\C=C(/C)c1ccc(-c2nc3nc(O[C@@H]4CCC[C@H](O)C4)[nH]c3cc2Cl)cc1. The summed E-state index contributed by atoms with van der Waals surface area (Å²) in [6.45, 7) is 5.74. The van der Waals surface area contributed by atoms with Crippen molar-refractivity contribution in [2.24, 2.45) is 0 Å². The summed E-state index contributed by atoms with van der Waals surface area (Å²) in [6.07, 6.45) is 10.6. The molecule has 2 heterocycles. The number of H-pyrrole nitrogens is 1. The summed E-state index contributed by atoms with van der Waals surface area (Å²) < 4.78 is 5.95. The molecule has 1 aromatic carbocycles. The number of imidazole rings is 1. The molecule has 2 N–H and O–H groups in total. The number of aliphatic hydroxyl groups excluding tert-OH is 1. The smallest absolute Gasteiger partial charge is 0.296 e. The van der Waals surface area contributed by atoms with Gasteiger partial charge in [0.25, 0.3) is 6.01 Å². The Kier molecular flexibility index (Phi) is 6.54. The van der Waals surface area contributed by atoms with E-state index in [0.29, 0.717) is 28.8 Å². The molecule has 1 saturated carbocycles. The summed E-state index contributed by atoms with van der Waals surface area (Å²) in [4.78, 5) is 12.3. The summed E-state index contributed by atoms with van der Waals surface area (Å²) in [5.41, 5.74) is 5.16. The third-order valence-electron chi connectivity index (χ3n) is 5.49. The van der Waals surface area contributed by atoms with E-state index in [-0.39, 0.29) is 12.2 Å². The third-order valence-corrected chi connectivity index (χ3v) is 5.78. The molecular formula is C25H26ClN3O2. The highest BCUT2D eigenvalue weighted by molar-refractivity contribution is 6.33. The van der Waals surface area contributed by atoms with Crippen LogP contribution in [0, 0.1) is 0 Å². The van der Waals surface area contributed by atoms with E-state index in [4.69, 9.17) is 16.3 Å². The Bertz CT molecular complexity index is 1130. The number of aromatic amines is 1. The second-order valence-electron chi connectivity index (χ2n) is 7.84. The first-order valence-electron chi connectivity index (χ1n) is 10.5. The molecule has 6 heteroatoms. The highest BCUT2D eigenvalue weighted by atomic mass is 35.5. The number of allylic oxidation sites excluding steroid dienone is 5. The first kappa shape index (κ1) is 21.3. The first-order valence-corrected chi connectivity index (χ1v) is 10.9. The first-order chi connectivity index (χ1) is 15.0. The molecule has 2 aromatic heterocycles. The highest BCUT2D eigenvalue weighted by Crippen LogP contribution is 2.31. The fraction of sp³-hybridized carbons (Fsp3) is 0.280. The zero-order valence-electron chi connectivity index (χ0n) is 17.5. The third kappa shape index (κ3) is 5.06. The molecular weight excluding hydrogens is 410 g/mol. The fourth-order valence-corrected chi connectivity index (χ4v) is 4.07. The Balaban J connectivity index is 1.56. The molecule has 31 heavy (non-hydrogen) atoms. The van der Waals surface area contributed by atoms with E-state index in [1.54, 1.807) is 6.08 Å². The predicted octanol–water partition coefficient (Wildman–Crippen LogP) is 6.11. The van der Waals surface area contributed by atoms with Gasteiger partial charge in [0.2, 0.25) is 0 Å². The van der Waals surface area contributed by atoms with Gasteiger partial charge in [-0.1, -0.05) is 66.7 Å². The molecule has 1 aliphatic rings. The van der Waals surface area contributed by atoms with E-state index < -0.39 is 0 Å². The van der Waals surface area contributed by atoms with E-state index >= 15 is 0 Å². The van der Waals surface area contributed by atoms with Gasteiger partial charge in [-0.2, -0.15) is 4.98 Å². The molecule has 4 rings (SSSR count). The second kappa shape index (κ2) is 9.50. The zero-order chi connectivity index (χ0) is 21.8. The van der Waals surface area contributed by atoms with Crippen LogP contribution in [0.3, 0.4) is 0 Å². The minimum atomic E-state index is -0.304. The summed E-state index contributed by atoms with van der Waals surface area (Å²) in [6, 6.07) is 10.4. The average molecular weight is 436 g/mol. The number of nitrogens with zero attached hydrogens (tertiary/aromatic N) is 2. The maximum absolute atomic E-state index is 9.85. The minimum Gasteiger partial charge on any atom is -0.461 e. The lowest BCUT2D eigenvalue weighted by molar-refractivity contribution is 0.0495. The van der Waals surface area contributed by atoms with Gasteiger partial charge >= 0.3 is 0 Å². The fourth-order valence-electron chi connectivity index (χ4n) is 3.80. The normalized spacial score (nSPS) is 19.8. The van der Waals surface area contributed by atoms with Crippen LogP contribution >= 0.6 is 11.6 Å². The Labute approximate surface area is 187 Å². The Morgan fingerprint density at radius 3 is 2.77 bits per heavy atom. The van der Waals surface area contributed by atoms with Gasteiger partial charge in [-0.05, 0) is 43.4 Å². The van der Waals surface area contributed by atoms with Crippen molar-refractivity contribution in [1.82, 2.24) is 15.0 Å². The van der Waals surface area contributed by atoms with E-state index in [9.17, 15) is 5.11 Å². The number of fused-ring (bicyclic) bond motifs is 1. The van der Waals surface area contributed by atoms with Gasteiger partial charge in [0, 0.05) is 12.0 Å². The van der Waals surface area contributed by atoms with Gasteiger partial charge in [-0.25, -0.2) is 4.98 Å². The molecule has 3 aromatic rings. The van der Waals surface area contributed by atoms with Crippen molar-refractivity contribution in [3.63, 3.8) is 0 Å². The van der Waals surface area contributed by atoms with Crippen molar-refractivity contribution in [1.29, 1.82) is 0 Å². The highest BCUT2D eigenvalue weighted by Gasteiger charge is 2.23. The zero-order valence-corrected chi connectivity index (χ0v) is 18.3. The molecule has 1 aliphatic carbocycles. The van der Waals surface area contributed by atoms with Gasteiger partial charge in [0.15, 0.2) is 5.65 Å². The van der Waals surface area contributed by atoms with Gasteiger partial charge in [-0.3, -0.25) is 0 Å². The van der Waals surface area contributed by atoms with Crippen LogP contribution in [0.4, 0.5) is 0 Å². The van der Waals surface area contributed by atoms with Crippen LogP contribution in [-0.4, -0.2) is 32.3 Å². The van der Waals surface area contributed by atoms with Crippen molar-refractivity contribution in [2.45, 2.75) is 44.8 Å². The number of rotatable bonds is 6. The number of aliphatic hydroxyl groups is 1. The maximum Gasteiger partial charge on any atom is 0.296 e. The molecule has 0 amide bonds. The van der Waals surface area contributed by atoms with E-state index in [2.05, 4.69) is 40.6 Å². The number of aromatic nitrogens is 3. The topological polar surface area (TPSA) is 71.0 Å². The second-order valence-corrected chi connectivity index (χ2v) is 8.25. The van der Waals surface area contributed by atoms with Crippen molar-refractivity contribution in [3.8, 4) is 17.3 Å². The van der Waals surface area contributed by atoms with Crippen LogP contribution in [0.2, 0.25) is 5.02 Å². The summed E-state index contributed by atoms with van der Waals surface area (Å²) in [7, 11) is 0. The van der Waals surface area contributed by atoms with Gasteiger partial charge in [0.05, 0.1) is 22.3 Å². The van der Waals surface area contributed by atoms with E-state index in [1.165, 1.54) is 0 Å². The molecule has 0 radical (unpaired) electrons. The number of pyridine rings is 1. The Morgan fingerprint density at radius 2 is 2.03 bits per heavy atom. The molecule has 0 aliphatic heterocycles. The molecule has 0 unspecified atom stereocenters. The lowest BCUT2D eigenvalue weighted by atomic mass is 9.95. The quantitative estimate of drug-likeness (QED) is 0.458. The van der Waals surface area contributed by atoms with E-state index in [0.717, 1.165) is 41.5 Å². The van der Waals surface area contributed by atoms with Crippen LogP contribution in [0.15, 0.2) is 61.2 Å². The van der Waals surface area contributed by atoms with Crippen LogP contribution in [0.1, 0.15) is 38.2 Å². The molecule has 0 saturated heterocycles. The number of halogens is 1. The summed E-state index contributed by atoms with van der Waals surface area (Å²) in [5, 5.41) is 10.4. The standard InChI is InChI=1S/C25H26ClN3O2/c1-3-4-5-7-16(2)17-10-12-18(13-11-17)23-21(26)15-22-24(28-23)29-25(27-22)31-20-9-6-8-19(30)14-20/h3-5,7,10-13,15,19-20,30H,1,6,8-9,14H2,2H3,(H,27,28,29)/b5-4-,16-7+/t19-,20+/m0/s1. The van der Waals surface area contributed by atoms with Gasteiger partial charge in [-0.15, -0.1) is 0 Å². The Morgan fingerprint density at radius 1 is 1.23 bits per heavy atom. The number of benzene rings is 1. The lowest BCUT2D eigenvalue weighted by Gasteiger charge is -2.25.